The van der Waals surface area contributed by atoms with E-state index >= 15 is 0 Å². The smallest absolute Gasteiger partial charge is 0.130 e. The van der Waals surface area contributed by atoms with Crippen molar-refractivity contribution in [3.05, 3.63) is 11.6 Å². The highest BCUT2D eigenvalue weighted by Crippen LogP contribution is 2.19. The highest BCUT2D eigenvalue weighted by atomic mass is 16.1. The summed E-state index contributed by atoms with van der Waals surface area (Å²) in [5.41, 5.74) is 1.45. The second-order valence-corrected chi connectivity index (χ2v) is 6.61. The molecule has 0 saturated carbocycles. The molecule has 0 aliphatic carbocycles. The van der Waals surface area contributed by atoms with Crippen LogP contribution in [0.15, 0.2) is 11.6 Å². The lowest BCUT2D eigenvalue weighted by Gasteiger charge is -2.12. The Hall–Kier alpha value is -0.590. The van der Waals surface area contributed by atoms with E-state index in [1.165, 1.54) is 44.1 Å². The maximum Gasteiger partial charge on any atom is 0.130 e. The van der Waals surface area contributed by atoms with Gasteiger partial charge in [-0.1, -0.05) is 58.1 Å². The number of allylic oxidation sites excluding steroid dienone is 2. The van der Waals surface area contributed by atoms with Crippen LogP contribution in [0, 0.1) is 11.8 Å². The average Bonchev–Trinajstić information content (AvgIpc) is 2.27. The fourth-order valence-electron chi connectivity index (χ4n) is 2.37. The summed E-state index contributed by atoms with van der Waals surface area (Å²) in [7, 11) is 0. The number of hydrogen-bond acceptors (Lipinski definition) is 1. The van der Waals surface area contributed by atoms with Crippen LogP contribution in [0.25, 0.3) is 0 Å². The first-order chi connectivity index (χ1) is 8.91. The van der Waals surface area contributed by atoms with Crippen LogP contribution in [0.4, 0.5) is 0 Å². The van der Waals surface area contributed by atoms with Crippen LogP contribution in [0.1, 0.15) is 86.0 Å². The van der Waals surface area contributed by atoms with Crippen LogP contribution in [-0.4, -0.2) is 5.78 Å². The second kappa shape index (κ2) is 11.3. The van der Waals surface area contributed by atoms with Crippen molar-refractivity contribution in [3.8, 4) is 0 Å². The first kappa shape index (κ1) is 18.4. The summed E-state index contributed by atoms with van der Waals surface area (Å²) in [6.07, 6.45) is 11.8. The fraction of sp³-hybridized carbons (Fsp3) is 0.833. The molecule has 1 heteroatoms. The van der Waals surface area contributed by atoms with Gasteiger partial charge < -0.3 is 4.79 Å². The molecule has 0 aliphatic heterocycles. The quantitative estimate of drug-likeness (QED) is 0.423. The summed E-state index contributed by atoms with van der Waals surface area (Å²) >= 11 is 0. The number of hydrogen-bond donors (Lipinski definition) is 0. The third kappa shape index (κ3) is 13.6. The van der Waals surface area contributed by atoms with Crippen molar-refractivity contribution in [1.82, 2.24) is 0 Å². The molecule has 0 radical (unpaired) electrons. The van der Waals surface area contributed by atoms with Gasteiger partial charge in [-0.2, -0.15) is 0 Å². The standard InChI is InChI=1S/C18H34O/c1-15(2)9-6-10-16(3)11-7-12-17(4)13-8-14-18(5)19/h13,15-16H,6-12,14H2,1-5H3/b17-13-. The Kier molecular flexibility index (Phi) is 10.9. The SMILES string of the molecule is CC(=O)CC/C=C(/C)CCCC(C)CCCC(C)C. The highest BCUT2D eigenvalue weighted by Gasteiger charge is 2.03. The minimum Gasteiger partial charge on any atom is -0.300 e. The largest absolute Gasteiger partial charge is 0.300 e. The van der Waals surface area contributed by atoms with E-state index in [0.717, 1.165) is 18.3 Å². The van der Waals surface area contributed by atoms with Gasteiger partial charge in [0.15, 0.2) is 0 Å². The molecule has 1 unspecified atom stereocenters. The number of rotatable bonds is 11. The van der Waals surface area contributed by atoms with E-state index < -0.39 is 0 Å². The molecule has 0 aliphatic rings. The van der Waals surface area contributed by atoms with E-state index in [4.69, 9.17) is 0 Å². The van der Waals surface area contributed by atoms with Crippen LogP contribution < -0.4 is 0 Å². The second-order valence-electron chi connectivity index (χ2n) is 6.61. The third-order valence-electron chi connectivity index (χ3n) is 3.74. The van der Waals surface area contributed by atoms with Gasteiger partial charge in [-0.05, 0) is 44.9 Å². The molecule has 0 spiro atoms. The molecule has 0 bridgehead atoms. The fourth-order valence-corrected chi connectivity index (χ4v) is 2.37. The molecule has 112 valence electrons. The van der Waals surface area contributed by atoms with Crippen LogP contribution in [0.3, 0.4) is 0 Å². The van der Waals surface area contributed by atoms with E-state index in [-0.39, 0.29) is 0 Å². The summed E-state index contributed by atoms with van der Waals surface area (Å²) < 4.78 is 0. The van der Waals surface area contributed by atoms with Crippen molar-refractivity contribution >= 4 is 5.78 Å². The van der Waals surface area contributed by atoms with Gasteiger partial charge >= 0.3 is 0 Å². The molecule has 0 heterocycles. The lowest BCUT2D eigenvalue weighted by molar-refractivity contribution is -0.116. The predicted octanol–water partition coefficient (Wildman–Crippen LogP) is 5.93. The van der Waals surface area contributed by atoms with Crippen molar-refractivity contribution < 1.29 is 4.79 Å². The molecule has 0 fully saturated rings. The zero-order chi connectivity index (χ0) is 14.7. The molecule has 0 aromatic carbocycles. The molecule has 1 atom stereocenters. The molecular formula is C18H34O. The van der Waals surface area contributed by atoms with Gasteiger partial charge in [-0.3, -0.25) is 0 Å². The topological polar surface area (TPSA) is 17.1 Å². The van der Waals surface area contributed by atoms with Crippen molar-refractivity contribution in [2.75, 3.05) is 0 Å². The first-order valence-corrected chi connectivity index (χ1v) is 8.06. The van der Waals surface area contributed by atoms with Crippen molar-refractivity contribution in [1.29, 1.82) is 0 Å². The zero-order valence-electron chi connectivity index (χ0n) is 13.8. The normalized spacial score (nSPS) is 13.9. The first-order valence-electron chi connectivity index (χ1n) is 8.06. The summed E-state index contributed by atoms with van der Waals surface area (Å²) in [4.78, 5) is 10.8. The van der Waals surface area contributed by atoms with Gasteiger partial charge in [-0.15, -0.1) is 0 Å². The third-order valence-corrected chi connectivity index (χ3v) is 3.74. The molecule has 0 rings (SSSR count). The molecule has 0 amide bonds. The zero-order valence-corrected chi connectivity index (χ0v) is 13.8. The van der Waals surface area contributed by atoms with E-state index in [9.17, 15) is 4.79 Å². The predicted molar refractivity (Wildman–Crippen MR) is 85.4 cm³/mol. The van der Waals surface area contributed by atoms with Gasteiger partial charge in [0.1, 0.15) is 5.78 Å². The van der Waals surface area contributed by atoms with Crippen molar-refractivity contribution in [3.63, 3.8) is 0 Å². The summed E-state index contributed by atoms with van der Waals surface area (Å²) in [6, 6.07) is 0. The maximum absolute atomic E-state index is 10.8. The Balaban J connectivity index is 3.57. The molecular weight excluding hydrogens is 232 g/mol. The van der Waals surface area contributed by atoms with Gasteiger partial charge in [0.25, 0.3) is 0 Å². The minimum absolute atomic E-state index is 0.294. The molecule has 1 nitrogen and oxygen atoms in total. The van der Waals surface area contributed by atoms with Gasteiger partial charge in [0.05, 0.1) is 0 Å². The Morgan fingerprint density at radius 3 is 2.16 bits per heavy atom. The van der Waals surface area contributed by atoms with Gasteiger partial charge in [-0.25, -0.2) is 0 Å². The molecule has 0 aromatic rings. The summed E-state index contributed by atoms with van der Waals surface area (Å²) in [5, 5.41) is 0. The van der Waals surface area contributed by atoms with E-state index in [2.05, 4.69) is 33.8 Å². The minimum atomic E-state index is 0.294. The highest BCUT2D eigenvalue weighted by molar-refractivity contribution is 5.75. The molecule has 0 saturated heterocycles. The van der Waals surface area contributed by atoms with Crippen LogP contribution >= 0.6 is 0 Å². The summed E-state index contributed by atoms with van der Waals surface area (Å²) in [6.45, 7) is 10.9. The van der Waals surface area contributed by atoms with Crippen LogP contribution in [0.5, 0.6) is 0 Å². The lowest BCUT2D eigenvalue weighted by Crippen LogP contribution is -1.97. The van der Waals surface area contributed by atoms with E-state index in [1.807, 2.05) is 0 Å². The van der Waals surface area contributed by atoms with Gasteiger partial charge in [0, 0.05) is 6.42 Å². The summed E-state index contributed by atoms with van der Waals surface area (Å²) in [5.74, 6) is 2.00. The van der Waals surface area contributed by atoms with Crippen molar-refractivity contribution in [2.45, 2.75) is 86.0 Å². The molecule has 0 aromatic heterocycles. The lowest BCUT2D eigenvalue weighted by atomic mass is 9.94. The van der Waals surface area contributed by atoms with Crippen LogP contribution in [0.2, 0.25) is 0 Å². The molecule has 0 N–H and O–H groups in total. The molecule has 19 heavy (non-hydrogen) atoms. The van der Waals surface area contributed by atoms with E-state index in [0.29, 0.717) is 12.2 Å². The Bertz CT molecular complexity index is 263. The number of carbonyl (C=O) groups excluding carboxylic acids is 1. The Morgan fingerprint density at radius 2 is 1.58 bits per heavy atom. The van der Waals surface area contributed by atoms with Crippen molar-refractivity contribution in [2.24, 2.45) is 11.8 Å². The van der Waals surface area contributed by atoms with Crippen LogP contribution in [-0.2, 0) is 4.79 Å². The number of carbonyl (C=O) groups is 1. The number of Topliss-reactive ketones (excluding diaryl/α,β-unsaturated/α-hetero) is 1. The maximum atomic E-state index is 10.8. The Morgan fingerprint density at radius 1 is 0.947 bits per heavy atom. The van der Waals surface area contributed by atoms with E-state index in [1.54, 1.807) is 6.92 Å². The monoisotopic (exact) mass is 266 g/mol. The average molecular weight is 266 g/mol. The Labute approximate surface area is 120 Å². The van der Waals surface area contributed by atoms with Gasteiger partial charge in [0.2, 0.25) is 0 Å². The number of ketones is 1.